The van der Waals surface area contributed by atoms with Crippen LogP contribution >= 0.6 is 11.8 Å². The molecular formula is C16H21N3S. The summed E-state index contributed by atoms with van der Waals surface area (Å²) in [7, 11) is 0. The van der Waals surface area contributed by atoms with Gasteiger partial charge in [-0.15, -0.1) is 0 Å². The van der Waals surface area contributed by atoms with Gasteiger partial charge in [-0.3, -0.25) is 0 Å². The van der Waals surface area contributed by atoms with Crippen molar-refractivity contribution in [2.45, 2.75) is 36.9 Å². The molecule has 0 bridgehead atoms. The van der Waals surface area contributed by atoms with Crippen molar-refractivity contribution in [1.82, 2.24) is 9.97 Å². The molecule has 2 aliphatic rings. The Morgan fingerprint density at radius 3 is 2.85 bits per heavy atom. The van der Waals surface area contributed by atoms with Crippen LogP contribution in [0.2, 0.25) is 0 Å². The smallest absolute Gasteiger partial charge is 0.203 e. The fourth-order valence-electron chi connectivity index (χ4n) is 3.61. The van der Waals surface area contributed by atoms with E-state index in [1.807, 2.05) is 0 Å². The lowest BCUT2D eigenvalue weighted by Gasteiger charge is -2.44. The molecule has 4 rings (SSSR count). The average molecular weight is 287 g/mol. The van der Waals surface area contributed by atoms with E-state index in [-0.39, 0.29) is 0 Å². The summed E-state index contributed by atoms with van der Waals surface area (Å²) in [6.45, 7) is 2.28. The third-order valence-electron chi connectivity index (χ3n) is 4.69. The zero-order valence-electron chi connectivity index (χ0n) is 11.8. The molecule has 2 aromatic rings. The number of hydrogen-bond acceptors (Lipinski definition) is 3. The molecular weight excluding hydrogens is 266 g/mol. The Kier molecular flexibility index (Phi) is 3.14. The van der Waals surface area contributed by atoms with Crippen LogP contribution in [0.4, 0.5) is 5.95 Å². The predicted octanol–water partition coefficient (Wildman–Crippen LogP) is 3.82. The Balaban J connectivity index is 1.61. The summed E-state index contributed by atoms with van der Waals surface area (Å²) >= 11 is 2.21. The maximum atomic E-state index is 4.78. The van der Waals surface area contributed by atoms with Crippen molar-refractivity contribution >= 4 is 28.7 Å². The summed E-state index contributed by atoms with van der Waals surface area (Å²) in [4.78, 5) is 10.7. The van der Waals surface area contributed by atoms with Gasteiger partial charge in [0.1, 0.15) is 0 Å². The largest absolute Gasteiger partial charge is 0.340 e. The average Bonchev–Trinajstić information content (AvgIpc) is 2.92. The van der Waals surface area contributed by atoms with Crippen molar-refractivity contribution in [1.29, 1.82) is 0 Å². The molecule has 1 N–H and O–H groups in total. The molecule has 1 aliphatic carbocycles. The topological polar surface area (TPSA) is 31.9 Å². The van der Waals surface area contributed by atoms with E-state index in [0.717, 1.165) is 30.1 Å². The number of nitrogens with one attached hydrogen (secondary N) is 1. The molecule has 1 saturated heterocycles. The first kappa shape index (κ1) is 12.6. The number of aromatic amines is 1. The number of anilines is 1. The van der Waals surface area contributed by atoms with Crippen LogP contribution in [0.1, 0.15) is 32.1 Å². The van der Waals surface area contributed by atoms with Gasteiger partial charge in [0.2, 0.25) is 5.95 Å². The summed E-state index contributed by atoms with van der Waals surface area (Å²) in [6, 6.07) is 8.33. The quantitative estimate of drug-likeness (QED) is 0.865. The Labute approximate surface area is 124 Å². The molecule has 1 spiro atoms. The van der Waals surface area contributed by atoms with E-state index in [4.69, 9.17) is 4.98 Å². The highest BCUT2D eigenvalue weighted by Crippen LogP contribution is 2.43. The number of benzene rings is 1. The lowest BCUT2D eigenvalue weighted by Crippen LogP contribution is -2.48. The van der Waals surface area contributed by atoms with E-state index in [1.54, 1.807) is 0 Å². The monoisotopic (exact) mass is 287 g/mol. The number of H-pyrrole nitrogens is 1. The number of imidazole rings is 1. The van der Waals surface area contributed by atoms with Crippen molar-refractivity contribution in [3.63, 3.8) is 0 Å². The number of thioether (sulfide) groups is 1. The maximum Gasteiger partial charge on any atom is 0.203 e. The van der Waals surface area contributed by atoms with Gasteiger partial charge in [-0.25, -0.2) is 4.98 Å². The highest BCUT2D eigenvalue weighted by atomic mass is 32.2. The molecule has 0 unspecified atom stereocenters. The van der Waals surface area contributed by atoms with E-state index >= 15 is 0 Å². The molecule has 0 radical (unpaired) electrons. The molecule has 0 amide bonds. The van der Waals surface area contributed by atoms with Gasteiger partial charge in [0.25, 0.3) is 0 Å². The molecule has 106 valence electrons. The molecule has 0 atom stereocenters. The summed E-state index contributed by atoms with van der Waals surface area (Å²) < 4.78 is 0.496. The Morgan fingerprint density at radius 2 is 2.00 bits per heavy atom. The number of nitrogens with zero attached hydrogens (tertiary/aromatic N) is 2. The molecule has 2 heterocycles. The molecule has 1 aromatic carbocycles. The van der Waals surface area contributed by atoms with Crippen LogP contribution in [-0.4, -0.2) is 33.6 Å². The predicted molar refractivity (Wildman–Crippen MR) is 86.6 cm³/mol. The van der Waals surface area contributed by atoms with Gasteiger partial charge in [-0.2, -0.15) is 11.8 Å². The summed E-state index contributed by atoms with van der Waals surface area (Å²) in [5.41, 5.74) is 2.23. The number of hydrogen-bond donors (Lipinski definition) is 1. The van der Waals surface area contributed by atoms with Crippen LogP contribution in [0.25, 0.3) is 11.0 Å². The second-order valence-corrected chi connectivity index (χ2v) is 7.65. The highest BCUT2D eigenvalue weighted by Gasteiger charge is 2.37. The van der Waals surface area contributed by atoms with Gasteiger partial charge in [0.15, 0.2) is 0 Å². The molecule has 3 nitrogen and oxygen atoms in total. The highest BCUT2D eigenvalue weighted by molar-refractivity contribution is 8.00. The number of fused-ring (bicyclic) bond motifs is 1. The minimum Gasteiger partial charge on any atom is -0.340 e. The van der Waals surface area contributed by atoms with Gasteiger partial charge in [-0.1, -0.05) is 31.4 Å². The van der Waals surface area contributed by atoms with Crippen molar-refractivity contribution in [2.24, 2.45) is 0 Å². The SMILES string of the molecule is c1ccc2[nH]c(N3CCSC4(CCCCC4)C3)nc2c1. The zero-order valence-corrected chi connectivity index (χ0v) is 12.6. The normalized spacial score (nSPS) is 22.5. The molecule has 20 heavy (non-hydrogen) atoms. The molecule has 1 saturated carbocycles. The van der Waals surface area contributed by atoms with Crippen LogP contribution in [0.3, 0.4) is 0 Å². The number of para-hydroxylation sites is 2. The van der Waals surface area contributed by atoms with E-state index in [9.17, 15) is 0 Å². The summed E-state index contributed by atoms with van der Waals surface area (Å²) in [6.07, 6.45) is 7.00. The van der Waals surface area contributed by atoms with Crippen LogP contribution < -0.4 is 4.90 Å². The molecule has 1 aromatic heterocycles. The lowest BCUT2D eigenvalue weighted by molar-refractivity contribution is 0.390. The second-order valence-electron chi connectivity index (χ2n) is 6.09. The van der Waals surface area contributed by atoms with E-state index < -0.39 is 0 Å². The molecule has 4 heteroatoms. The fraction of sp³-hybridized carbons (Fsp3) is 0.562. The Bertz CT molecular complexity index is 562. The third-order valence-corrected chi connectivity index (χ3v) is 6.23. The zero-order chi connectivity index (χ0) is 13.4. The summed E-state index contributed by atoms with van der Waals surface area (Å²) in [5.74, 6) is 2.30. The van der Waals surface area contributed by atoms with Gasteiger partial charge < -0.3 is 9.88 Å². The van der Waals surface area contributed by atoms with Crippen molar-refractivity contribution in [3.8, 4) is 0 Å². The molecule has 1 aliphatic heterocycles. The van der Waals surface area contributed by atoms with Crippen LogP contribution in [0.5, 0.6) is 0 Å². The van der Waals surface area contributed by atoms with E-state index in [0.29, 0.717) is 4.75 Å². The van der Waals surface area contributed by atoms with Crippen molar-refractivity contribution in [2.75, 3.05) is 23.7 Å². The lowest BCUT2D eigenvalue weighted by atomic mass is 9.87. The minimum absolute atomic E-state index is 0.496. The second kappa shape index (κ2) is 4.99. The first-order valence-corrected chi connectivity index (χ1v) is 8.67. The van der Waals surface area contributed by atoms with Crippen LogP contribution in [0.15, 0.2) is 24.3 Å². The van der Waals surface area contributed by atoms with Gasteiger partial charge >= 0.3 is 0 Å². The summed E-state index contributed by atoms with van der Waals surface area (Å²) in [5, 5.41) is 0. The van der Waals surface area contributed by atoms with Crippen molar-refractivity contribution < 1.29 is 0 Å². The maximum absolute atomic E-state index is 4.78. The third kappa shape index (κ3) is 2.20. The Morgan fingerprint density at radius 1 is 1.15 bits per heavy atom. The van der Waals surface area contributed by atoms with Gasteiger partial charge in [0.05, 0.1) is 11.0 Å². The Hall–Kier alpha value is -1.16. The van der Waals surface area contributed by atoms with Crippen LogP contribution in [-0.2, 0) is 0 Å². The van der Waals surface area contributed by atoms with Crippen molar-refractivity contribution in [3.05, 3.63) is 24.3 Å². The van der Waals surface area contributed by atoms with Gasteiger partial charge in [0, 0.05) is 23.6 Å². The number of rotatable bonds is 1. The first-order valence-electron chi connectivity index (χ1n) is 7.68. The fourth-order valence-corrected chi connectivity index (χ4v) is 5.18. The van der Waals surface area contributed by atoms with Crippen LogP contribution in [0, 0.1) is 0 Å². The number of aromatic nitrogens is 2. The minimum atomic E-state index is 0.496. The van der Waals surface area contributed by atoms with Gasteiger partial charge in [-0.05, 0) is 25.0 Å². The molecule has 2 fully saturated rings. The standard InChI is InChI=1S/C16H21N3S/c1-4-8-16(9-5-1)12-19(10-11-20-16)15-17-13-6-2-3-7-14(13)18-15/h2-3,6-7H,1,4-5,8-12H2,(H,17,18). The van der Waals surface area contributed by atoms with E-state index in [2.05, 4.69) is 45.9 Å². The first-order chi connectivity index (χ1) is 9.85. The van der Waals surface area contributed by atoms with E-state index in [1.165, 1.54) is 37.9 Å².